The van der Waals surface area contributed by atoms with Crippen LogP contribution in [0, 0.1) is 0 Å². The number of methoxy groups -OCH3 is 1. The molecule has 0 radical (unpaired) electrons. The van der Waals surface area contributed by atoms with Crippen LogP contribution in [0.25, 0.3) is 80.3 Å². The van der Waals surface area contributed by atoms with Gasteiger partial charge >= 0.3 is 0 Å². The Morgan fingerprint density at radius 3 is 2.07 bits per heavy atom. The van der Waals surface area contributed by atoms with E-state index in [1.807, 2.05) is 11.3 Å². The van der Waals surface area contributed by atoms with Gasteiger partial charge in [-0.1, -0.05) is 66.7 Å². The largest absolute Gasteiger partial charge is 0.497 e. The maximum atomic E-state index is 5.49. The zero-order valence-corrected chi connectivity index (χ0v) is 23.8. The van der Waals surface area contributed by atoms with Crippen LogP contribution in [-0.2, 0) is 0 Å². The number of hydrogen-bond donors (Lipinski definition) is 0. The van der Waals surface area contributed by atoms with Gasteiger partial charge in [0.05, 0.1) is 18.1 Å². The fourth-order valence-electron chi connectivity index (χ4n) is 6.70. The summed E-state index contributed by atoms with van der Waals surface area (Å²) in [6, 6.07) is 48.7. The number of rotatable bonds is 3. The Morgan fingerprint density at radius 2 is 1.24 bits per heavy atom. The van der Waals surface area contributed by atoms with E-state index >= 15 is 0 Å². The van der Waals surface area contributed by atoms with Crippen LogP contribution in [-0.4, -0.2) is 11.7 Å². The third-order valence-electron chi connectivity index (χ3n) is 8.66. The second-order valence-corrected chi connectivity index (χ2v) is 12.0. The minimum Gasteiger partial charge on any atom is -0.497 e. The van der Waals surface area contributed by atoms with Crippen molar-refractivity contribution in [1.82, 2.24) is 4.57 Å². The van der Waals surface area contributed by atoms with E-state index in [1.165, 1.54) is 80.3 Å². The van der Waals surface area contributed by atoms with E-state index in [4.69, 9.17) is 4.74 Å². The van der Waals surface area contributed by atoms with Crippen molar-refractivity contribution in [2.24, 2.45) is 0 Å². The monoisotopic (exact) mass is 555 g/mol. The second-order valence-electron chi connectivity index (χ2n) is 10.9. The summed E-state index contributed by atoms with van der Waals surface area (Å²) in [4.78, 5) is 0. The molecule has 0 unspecified atom stereocenters. The molecule has 0 saturated heterocycles. The quantitative estimate of drug-likeness (QED) is 0.198. The number of benzene rings is 7. The molecule has 0 saturated carbocycles. The SMILES string of the molecule is COc1ccc(-c2cc3cc4sc5ccccc5c4cc3c3cc4c5ccccc5n(-c5ccccc5)c4cc23)cc1. The van der Waals surface area contributed by atoms with Gasteiger partial charge < -0.3 is 9.30 Å². The number of ether oxygens (including phenoxy) is 1. The number of para-hydroxylation sites is 2. The Labute approximate surface area is 246 Å². The van der Waals surface area contributed by atoms with E-state index in [2.05, 4.69) is 138 Å². The summed E-state index contributed by atoms with van der Waals surface area (Å²) in [5.74, 6) is 0.863. The van der Waals surface area contributed by atoms with E-state index in [0.29, 0.717) is 0 Å². The highest BCUT2D eigenvalue weighted by molar-refractivity contribution is 7.25. The number of thiophene rings is 1. The van der Waals surface area contributed by atoms with Crippen LogP contribution < -0.4 is 4.74 Å². The fraction of sp³-hybridized carbons (Fsp3) is 0.0256. The first-order valence-electron chi connectivity index (χ1n) is 14.2. The highest BCUT2D eigenvalue weighted by atomic mass is 32.1. The lowest BCUT2D eigenvalue weighted by molar-refractivity contribution is 0.415. The van der Waals surface area contributed by atoms with Crippen molar-refractivity contribution in [1.29, 1.82) is 0 Å². The van der Waals surface area contributed by atoms with Gasteiger partial charge in [0.1, 0.15) is 5.75 Å². The standard InChI is InChI=1S/C39H25NOS/c1-41-27-17-15-24(16-18-27)30-19-25-20-39-35(29-12-6-8-14-38(29)42-39)21-31(25)32-22-34-28-11-5-7-13-36(28)40(37(34)23-33(30)32)26-9-3-2-4-10-26/h2-23H,1H3. The first-order chi connectivity index (χ1) is 20.8. The predicted molar refractivity (Wildman–Crippen MR) is 181 cm³/mol. The third-order valence-corrected chi connectivity index (χ3v) is 9.79. The molecular formula is C39H25NOS. The van der Waals surface area contributed by atoms with Crippen molar-refractivity contribution in [3.63, 3.8) is 0 Å². The van der Waals surface area contributed by atoms with Crippen molar-refractivity contribution in [3.05, 3.63) is 133 Å². The molecule has 9 rings (SSSR count). The van der Waals surface area contributed by atoms with Gasteiger partial charge in [0.15, 0.2) is 0 Å². The summed E-state index contributed by atoms with van der Waals surface area (Å²) in [5.41, 5.74) is 6.01. The van der Waals surface area contributed by atoms with E-state index < -0.39 is 0 Å². The first kappa shape index (κ1) is 23.6. The summed E-state index contributed by atoms with van der Waals surface area (Å²) in [6.45, 7) is 0. The molecule has 9 aromatic rings. The minimum atomic E-state index is 0.863. The third kappa shape index (κ3) is 3.38. The molecule has 0 atom stereocenters. The van der Waals surface area contributed by atoms with E-state index in [9.17, 15) is 0 Å². The van der Waals surface area contributed by atoms with Crippen LogP contribution >= 0.6 is 11.3 Å². The normalized spacial score (nSPS) is 11.9. The van der Waals surface area contributed by atoms with E-state index in [1.54, 1.807) is 7.11 Å². The van der Waals surface area contributed by atoms with Crippen LogP contribution in [0.15, 0.2) is 133 Å². The Bertz CT molecular complexity index is 2480. The summed E-state index contributed by atoms with van der Waals surface area (Å²) in [5, 5.41) is 10.3. The van der Waals surface area contributed by atoms with Gasteiger partial charge in [-0.3, -0.25) is 0 Å². The average molecular weight is 556 g/mol. The maximum Gasteiger partial charge on any atom is 0.118 e. The van der Waals surface area contributed by atoms with Gasteiger partial charge in [-0.25, -0.2) is 0 Å². The average Bonchev–Trinajstić information content (AvgIpc) is 3.57. The molecule has 0 N–H and O–H groups in total. The number of aromatic nitrogens is 1. The fourth-order valence-corrected chi connectivity index (χ4v) is 7.83. The van der Waals surface area contributed by atoms with Gasteiger partial charge in [0.25, 0.3) is 0 Å². The van der Waals surface area contributed by atoms with Crippen LogP contribution in [0.1, 0.15) is 0 Å². The topological polar surface area (TPSA) is 14.2 Å². The van der Waals surface area contributed by atoms with Gasteiger partial charge in [0.2, 0.25) is 0 Å². The lowest BCUT2D eigenvalue weighted by atomic mass is 9.91. The molecule has 0 aliphatic heterocycles. The zero-order chi connectivity index (χ0) is 27.8. The van der Waals surface area contributed by atoms with E-state index in [0.717, 1.165) is 5.75 Å². The molecular weight excluding hydrogens is 531 g/mol. The molecule has 0 amide bonds. The second kappa shape index (κ2) is 8.94. The maximum absolute atomic E-state index is 5.49. The summed E-state index contributed by atoms with van der Waals surface area (Å²) in [6.07, 6.45) is 0. The van der Waals surface area contributed by atoms with Crippen LogP contribution in [0.2, 0.25) is 0 Å². The zero-order valence-electron chi connectivity index (χ0n) is 23.0. The van der Waals surface area contributed by atoms with Crippen molar-refractivity contribution in [2.45, 2.75) is 0 Å². The molecule has 2 nitrogen and oxygen atoms in total. The Morgan fingerprint density at radius 1 is 0.500 bits per heavy atom. The Balaban J connectivity index is 1.47. The van der Waals surface area contributed by atoms with Gasteiger partial charge in [0, 0.05) is 36.6 Å². The highest BCUT2D eigenvalue weighted by Crippen LogP contribution is 2.44. The lowest BCUT2D eigenvalue weighted by Crippen LogP contribution is -1.93. The van der Waals surface area contributed by atoms with Gasteiger partial charge in [-0.15, -0.1) is 11.3 Å². The molecule has 3 heteroatoms. The molecule has 0 spiro atoms. The molecule has 7 aromatic carbocycles. The molecule has 42 heavy (non-hydrogen) atoms. The number of fused-ring (bicyclic) bond motifs is 9. The van der Waals surface area contributed by atoms with Crippen molar-refractivity contribution >= 4 is 74.9 Å². The Kier molecular flexibility index (Phi) is 5.02. The summed E-state index contributed by atoms with van der Waals surface area (Å²) < 4.78 is 10.6. The van der Waals surface area contributed by atoms with Crippen molar-refractivity contribution < 1.29 is 4.74 Å². The smallest absolute Gasteiger partial charge is 0.118 e. The van der Waals surface area contributed by atoms with Crippen molar-refractivity contribution in [3.8, 4) is 22.6 Å². The van der Waals surface area contributed by atoms with E-state index in [-0.39, 0.29) is 0 Å². The molecule has 0 fully saturated rings. The van der Waals surface area contributed by atoms with Gasteiger partial charge in [-0.05, 0) is 99.4 Å². The molecule has 2 heterocycles. The molecule has 198 valence electrons. The Hall–Kier alpha value is -5.12. The first-order valence-corrected chi connectivity index (χ1v) is 15.0. The van der Waals surface area contributed by atoms with Crippen LogP contribution in [0.5, 0.6) is 5.75 Å². The van der Waals surface area contributed by atoms with Crippen LogP contribution in [0.3, 0.4) is 0 Å². The molecule has 0 aliphatic carbocycles. The summed E-state index contributed by atoms with van der Waals surface area (Å²) >= 11 is 1.87. The summed E-state index contributed by atoms with van der Waals surface area (Å²) in [7, 11) is 1.72. The molecule has 0 aliphatic rings. The number of nitrogens with zero attached hydrogens (tertiary/aromatic N) is 1. The van der Waals surface area contributed by atoms with Crippen LogP contribution in [0.4, 0.5) is 0 Å². The lowest BCUT2D eigenvalue weighted by Gasteiger charge is -2.14. The predicted octanol–water partition coefficient (Wildman–Crippen LogP) is 11.1. The van der Waals surface area contributed by atoms with Crippen molar-refractivity contribution in [2.75, 3.05) is 7.11 Å². The number of hydrogen-bond acceptors (Lipinski definition) is 2. The molecule has 0 bridgehead atoms. The van der Waals surface area contributed by atoms with Gasteiger partial charge in [-0.2, -0.15) is 0 Å². The molecule has 2 aromatic heterocycles. The minimum absolute atomic E-state index is 0.863. The highest BCUT2D eigenvalue weighted by Gasteiger charge is 2.18.